The van der Waals surface area contributed by atoms with Crippen LogP contribution >= 0.6 is 0 Å². The van der Waals surface area contributed by atoms with Gasteiger partial charge in [-0.1, -0.05) is 38.0 Å². The number of carbonyl (C=O) groups is 1. The van der Waals surface area contributed by atoms with Crippen molar-refractivity contribution in [3.05, 3.63) is 71.5 Å². The molecule has 0 aromatic heterocycles. The Morgan fingerprint density at radius 2 is 1.76 bits per heavy atom. The Kier molecular flexibility index (Phi) is 6.75. The SMILES string of the molecule is CCCCCc1ccc(C(=O)Oc2ccc3c(F)c(OC(F)F)ccc3c2)cc1. The molecule has 0 amide bonds. The van der Waals surface area contributed by atoms with E-state index in [0.29, 0.717) is 10.9 Å². The van der Waals surface area contributed by atoms with E-state index < -0.39 is 24.1 Å². The predicted octanol–water partition coefficient (Wildman–Crippen LogP) is 6.53. The second kappa shape index (κ2) is 9.45. The molecule has 152 valence electrons. The molecule has 0 saturated carbocycles. The summed E-state index contributed by atoms with van der Waals surface area (Å²) in [6.45, 7) is -0.962. The van der Waals surface area contributed by atoms with Crippen molar-refractivity contribution in [2.45, 2.75) is 39.2 Å². The van der Waals surface area contributed by atoms with Gasteiger partial charge >= 0.3 is 12.6 Å². The first-order valence-corrected chi connectivity index (χ1v) is 9.46. The molecule has 0 saturated heterocycles. The quantitative estimate of drug-likeness (QED) is 0.244. The van der Waals surface area contributed by atoms with E-state index in [1.165, 1.54) is 30.7 Å². The minimum absolute atomic E-state index is 0.0966. The summed E-state index contributed by atoms with van der Waals surface area (Å²) < 4.78 is 48.4. The number of hydrogen-bond donors (Lipinski definition) is 0. The van der Waals surface area contributed by atoms with Gasteiger partial charge in [-0.05, 0) is 60.2 Å². The maximum atomic E-state index is 14.3. The molecule has 3 aromatic rings. The number of hydrogen-bond acceptors (Lipinski definition) is 3. The Bertz CT molecular complexity index is 985. The van der Waals surface area contributed by atoms with Crippen LogP contribution in [-0.2, 0) is 6.42 Å². The molecule has 0 aliphatic heterocycles. The van der Waals surface area contributed by atoms with Gasteiger partial charge in [0.15, 0.2) is 11.6 Å². The zero-order chi connectivity index (χ0) is 20.8. The maximum Gasteiger partial charge on any atom is 0.387 e. The van der Waals surface area contributed by atoms with Gasteiger partial charge in [-0.2, -0.15) is 8.78 Å². The van der Waals surface area contributed by atoms with Crippen molar-refractivity contribution in [3.63, 3.8) is 0 Å². The number of unbranched alkanes of at least 4 members (excludes halogenated alkanes) is 2. The molecule has 0 fully saturated rings. The van der Waals surface area contributed by atoms with Crippen LogP contribution in [0.3, 0.4) is 0 Å². The van der Waals surface area contributed by atoms with Gasteiger partial charge in [0.1, 0.15) is 5.75 Å². The van der Waals surface area contributed by atoms with Crippen molar-refractivity contribution in [1.82, 2.24) is 0 Å². The highest BCUT2D eigenvalue weighted by Crippen LogP contribution is 2.30. The Hall–Kier alpha value is -3.02. The minimum Gasteiger partial charge on any atom is -0.432 e. The molecule has 29 heavy (non-hydrogen) atoms. The molecule has 0 radical (unpaired) electrons. The number of esters is 1. The van der Waals surface area contributed by atoms with Crippen LogP contribution in [0.25, 0.3) is 10.8 Å². The highest BCUT2D eigenvalue weighted by Gasteiger charge is 2.14. The van der Waals surface area contributed by atoms with Crippen LogP contribution in [0.5, 0.6) is 11.5 Å². The molecule has 3 nitrogen and oxygen atoms in total. The monoisotopic (exact) mass is 402 g/mol. The van der Waals surface area contributed by atoms with Crippen LogP contribution in [0.2, 0.25) is 0 Å². The fraction of sp³-hybridized carbons (Fsp3) is 0.261. The molecule has 6 heteroatoms. The lowest BCUT2D eigenvalue weighted by Gasteiger charge is -2.10. The summed E-state index contributed by atoms with van der Waals surface area (Å²) in [5, 5.41) is 0.500. The first-order chi connectivity index (χ1) is 14.0. The van der Waals surface area contributed by atoms with Crippen molar-refractivity contribution in [3.8, 4) is 11.5 Å². The summed E-state index contributed by atoms with van der Waals surface area (Å²) in [7, 11) is 0. The van der Waals surface area contributed by atoms with E-state index in [4.69, 9.17) is 4.74 Å². The highest BCUT2D eigenvalue weighted by atomic mass is 19.3. The van der Waals surface area contributed by atoms with Crippen LogP contribution in [0.1, 0.15) is 42.1 Å². The summed E-state index contributed by atoms with van der Waals surface area (Å²) in [6.07, 6.45) is 4.40. The van der Waals surface area contributed by atoms with Crippen molar-refractivity contribution < 1.29 is 27.4 Å². The van der Waals surface area contributed by atoms with Crippen molar-refractivity contribution in [2.75, 3.05) is 0 Å². The lowest BCUT2D eigenvalue weighted by Crippen LogP contribution is -2.08. The molecule has 0 bridgehead atoms. The van der Waals surface area contributed by atoms with Gasteiger partial charge in [-0.25, -0.2) is 9.18 Å². The Morgan fingerprint density at radius 1 is 1.00 bits per heavy atom. The average molecular weight is 402 g/mol. The fourth-order valence-corrected chi connectivity index (χ4v) is 3.05. The maximum absolute atomic E-state index is 14.3. The van der Waals surface area contributed by atoms with Gasteiger partial charge in [0, 0.05) is 5.39 Å². The smallest absolute Gasteiger partial charge is 0.387 e. The summed E-state index contributed by atoms with van der Waals surface area (Å²) in [6, 6.07) is 14.1. The molecule has 0 spiro atoms. The molecule has 0 aliphatic rings. The molecule has 0 unspecified atom stereocenters. The number of halogens is 3. The number of carbonyl (C=O) groups excluding carboxylic acids is 1. The third-order valence-corrected chi connectivity index (χ3v) is 4.58. The van der Waals surface area contributed by atoms with Crippen molar-refractivity contribution in [1.29, 1.82) is 0 Å². The topological polar surface area (TPSA) is 35.5 Å². The van der Waals surface area contributed by atoms with Crippen LogP contribution in [-0.4, -0.2) is 12.6 Å². The number of ether oxygens (including phenoxy) is 2. The molecule has 0 atom stereocenters. The van der Waals surface area contributed by atoms with E-state index in [1.54, 1.807) is 12.1 Å². The molecule has 3 aromatic carbocycles. The van der Waals surface area contributed by atoms with E-state index >= 15 is 0 Å². The molecule has 0 heterocycles. The zero-order valence-electron chi connectivity index (χ0n) is 16.0. The largest absolute Gasteiger partial charge is 0.432 e. The van der Waals surface area contributed by atoms with Crippen LogP contribution in [0.4, 0.5) is 13.2 Å². The fourth-order valence-electron chi connectivity index (χ4n) is 3.05. The van der Waals surface area contributed by atoms with Crippen molar-refractivity contribution in [2.24, 2.45) is 0 Å². The average Bonchev–Trinajstić information content (AvgIpc) is 2.70. The van der Waals surface area contributed by atoms with Gasteiger partial charge in [0.05, 0.1) is 5.56 Å². The van der Waals surface area contributed by atoms with E-state index in [-0.39, 0.29) is 11.1 Å². The normalized spacial score (nSPS) is 11.1. The van der Waals surface area contributed by atoms with Crippen molar-refractivity contribution >= 4 is 16.7 Å². The first-order valence-electron chi connectivity index (χ1n) is 9.46. The summed E-state index contributed by atoms with van der Waals surface area (Å²) in [4.78, 5) is 12.4. The van der Waals surface area contributed by atoms with Gasteiger partial charge in [0.25, 0.3) is 0 Å². The van der Waals surface area contributed by atoms with Gasteiger partial charge < -0.3 is 9.47 Å². The highest BCUT2D eigenvalue weighted by molar-refractivity contribution is 5.92. The lowest BCUT2D eigenvalue weighted by atomic mass is 10.1. The first kappa shape index (κ1) is 20.7. The van der Waals surface area contributed by atoms with Gasteiger partial charge in [0.2, 0.25) is 0 Å². The second-order valence-corrected chi connectivity index (χ2v) is 6.68. The Morgan fingerprint density at radius 3 is 2.45 bits per heavy atom. The minimum atomic E-state index is -3.11. The van der Waals surface area contributed by atoms with Crippen LogP contribution in [0, 0.1) is 5.82 Å². The molecule has 3 rings (SSSR count). The Balaban J connectivity index is 1.71. The Labute approximate surface area is 167 Å². The molecular formula is C23H21F3O3. The summed E-state index contributed by atoms with van der Waals surface area (Å²) in [5.41, 5.74) is 1.58. The standard InChI is InChI=1S/C23H21F3O3/c1-2-3-4-5-15-6-8-16(9-7-15)22(27)28-18-11-12-19-17(14-18)10-13-20(21(19)24)29-23(25)26/h6-14,23H,2-5H2,1H3. The molecule has 0 aliphatic carbocycles. The van der Waals surface area contributed by atoms with E-state index in [9.17, 15) is 18.0 Å². The van der Waals surface area contributed by atoms with Crippen LogP contribution < -0.4 is 9.47 Å². The molecular weight excluding hydrogens is 381 g/mol. The second-order valence-electron chi connectivity index (χ2n) is 6.68. The lowest BCUT2D eigenvalue weighted by molar-refractivity contribution is -0.0520. The predicted molar refractivity (Wildman–Crippen MR) is 105 cm³/mol. The van der Waals surface area contributed by atoms with E-state index in [0.717, 1.165) is 30.9 Å². The number of benzene rings is 3. The number of rotatable bonds is 8. The number of aryl methyl sites for hydroxylation is 1. The zero-order valence-corrected chi connectivity index (χ0v) is 16.0. The van der Waals surface area contributed by atoms with Gasteiger partial charge in [-0.3, -0.25) is 0 Å². The summed E-state index contributed by atoms with van der Waals surface area (Å²) >= 11 is 0. The molecule has 0 N–H and O–H groups in total. The number of fused-ring (bicyclic) bond motifs is 1. The number of alkyl halides is 2. The third-order valence-electron chi connectivity index (χ3n) is 4.58. The third kappa shape index (κ3) is 5.28. The summed E-state index contributed by atoms with van der Waals surface area (Å²) in [5.74, 6) is -1.71. The van der Waals surface area contributed by atoms with E-state index in [2.05, 4.69) is 11.7 Å². The van der Waals surface area contributed by atoms with Gasteiger partial charge in [-0.15, -0.1) is 0 Å². The van der Waals surface area contributed by atoms with Crippen LogP contribution in [0.15, 0.2) is 54.6 Å². The van der Waals surface area contributed by atoms with E-state index in [1.807, 2.05) is 12.1 Å².